The van der Waals surface area contributed by atoms with Crippen molar-refractivity contribution in [2.45, 2.75) is 32.2 Å². The average molecular weight is 285 g/mol. The summed E-state index contributed by atoms with van der Waals surface area (Å²) < 4.78 is 0. The summed E-state index contributed by atoms with van der Waals surface area (Å²) in [7, 11) is 1.92. The van der Waals surface area contributed by atoms with Crippen LogP contribution in [0.25, 0.3) is 0 Å². The smallest absolute Gasteiger partial charge is 0.183 e. The van der Waals surface area contributed by atoms with Crippen molar-refractivity contribution >= 4 is 17.2 Å². The van der Waals surface area contributed by atoms with Gasteiger partial charge in [0.2, 0.25) is 0 Å². The summed E-state index contributed by atoms with van der Waals surface area (Å²) in [5.41, 5.74) is 1.63. The molecule has 0 N–H and O–H groups in total. The highest BCUT2D eigenvalue weighted by molar-refractivity contribution is 7.11. The monoisotopic (exact) mass is 285 g/mol. The fourth-order valence-corrected chi connectivity index (χ4v) is 3.65. The summed E-state index contributed by atoms with van der Waals surface area (Å²) in [5.74, 6) is 0.614. The van der Waals surface area contributed by atoms with Gasteiger partial charge in [-0.15, -0.1) is 11.3 Å². The molecule has 0 radical (unpaired) electrons. The largest absolute Gasteiger partial charge is 0.351 e. The zero-order chi connectivity index (χ0) is 13.9. The van der Waals surface area contributed by atoms with E-state index in [-0.39, 0.29) is 0 Å². The number of hydrogen-bond donors (Lipinski definition) is 0. The van der Waals surface area contributed by atoms with Gasteiger partial charge in [0, 0.05) is 24.3 Å². The SMILES string of the molecule is CN(Cc1nc2c(s1)CCCC2)c1nccnc1C#N. The number of nitrogens with zero attached hydrogens (tertiary/aromatic N) is 5. The Kier molecular flexibility index (Phi) is 3.61. The Morgan fingerprint density at radius 2 is 2.10 bits per heavy atom. The van der Waals surface area contributed by atoms with Crippen LogP contribution in [0.5, 0.6) is 0 Å². The molecule has 102 valence electrons. The van der Waals surface area contributed by atoms with Gasteiger partial charge < -0.3 is 4.90 Å². The van der Waals surface area contributed by atoms with Crippen molar-refractivity contribution in [1.29, 1.82) is 5.26 Å². The molecule has 2 aromatic rings. The normalized spacial score (nSPS) is 13.6. The summed E-state index contributed by atoms with van der Waals surface area (Å²) in [6.45, 7) is 0.672. The maximum absolute atomic E-state index is 9.07. The van der Waals surface area contributed by atoms with E-state index in [9.17, 15) is 0 Å². The van der Waals surface area contributed by atoms with Crippen LogP contribution in [0.2, 0.25) is 0 Å². The van der Waals surface area contributed by atoms with Gasteiger partial charge in [0.05, 0.1) is 12.2 Å². The number of anilines is 1. The number of rotatable bonds is 3. The second kappa shape index (κ2) is 5.55. The lowest BCUT2D eigenvalue weighted by molar-refractivity contribution is 0.680. The van der Waals surface area contributed by atoms with Crippen molar-refractivity contribution in [3.05, 3.63) is 33.7 Å². The van der Waals surface area contributed by atoms with Crippen molar-refractivity contribution in [2.24, 2.45) is 0 Å². The Morgan fingerprint density at radius 1 is 1.30 bits per heavy atom. The van der Waals surface area contributed by atoms with Crippen LogP contribution in [0, 0.1) is 11.3 Å². The first-order valence-corrected chi connectivity index (χ1v) is 7.49. The van der Waals surface area contributed by atoms with E-state index >= 15 is 0 Å². The van der Waals surface area contributed by atoms with E-state index in [1.54, 1.807) is 17.5 Å². The quantitative estimate of drug-likeness (QED) is 0.866. The number of aryl methyl sites for hydroxylation is 2. The third-order valence-electron chi connectivity index (χ3n) is 3.41. The van der Waals surface area contributed by atoms with Crippen molar-refractivity contribution < 1.29 is 0 Å². The molecule has 6 heteroatoms. The van der Waals surface area contributed by atoms with Crippen LogP contribution in [0.3, 0.4) is 0 Å². The molecule has 0 aliphatic heterocycles. The fourth-order valence-electron chi connectivity index (χ4n) is 2.44. The van der Waals surface area contributed by atoms with Crippen LogP contribution in [-0.4, -0.2) is 22.0 Å². The second-order valence-corrected chi connectivity index (χ2v) is 6.05. The minimum Gasteiger partial charge on any atom is -0.351 e. The molecule has 20 heavy (non-hydrogen) atoms. The lowest BCUT2D eigenvalue weighted by Gasteiger charge is -2.16. The highest BCUT2D eigenvalue weighted by Crippen LogP contribution is 2.28. The number of fused-ring (bicyclic) bond motifs is 1. The molecule has 1 aliphatic rings. The predicted molar refractivity (Wildman–Crippen MR) is 77.6 cm³/mol. The number of aromatic nitrogens is 3. The first kappa shape index (κ1) is 13.0. The van der Waals surface area contributed by atoms with Crippen LogP contribution in [0.4, 0.5) is 5.82 Å². The van der Waals surface area contributed by atoms with Crippen LogP contribution in [0.1, 0.15) is 34.1 Å². The van der Waals surface area contributed by atoms with Gasteiger partial charge in [-0.3, -0.25) is 0 Å². The van der Waals surface area contributed by atoms with E-state index < -0.39 is 0 Å². The zero-order valence-corrected chi connectivity index (χ0v) is 12.2. The summed E-state index contributed by atoms with van der Waals surface area (Å²) in [4.78, 5) is 16.4. The molecule has 5 nitrogen and oxygen atoms in total. The molecule has 0 atom stereocenters. The minimum absolute atomic E-state index is 0.358. The van der Waals surface area contributed by atoms with Crippen molar-refractivity contribution in [2.75, 3.05) is 11.9 Å². The molecule has 0 bridgehead atoms. The standard InChI is InChI=1S/C14H15N5S/c1-19(14-11(8-15)16-6-7-17-14)9-13-18-10-4-2-3-5-12(10)20-13/h6-7H,2-5,9H2,1H3. The Morgan fingerprint density at radius 3 is 2.90 bits per heavy atom. The Bertz CT molecular complexity index is 634. The number of nitriles is 1. The summed E-state index contributed by atoms with van der Waals surface area (Å²) in [6, 6.07) is 2.08. The molecule has 0 saturated carbocycles. The zero-order valence-electron chi connectivity index (χ0n) is 11.3. The van der Waals surface area contributed by atoms with Gasteiger partial charge in [0.15, 0.2) is 11.5 Å². The van der Waals surface area contributed by atoms with Crippen molar-refractivity contribution in [1.82, 2.24) is 15.0 Å². The highest BCUT2D eigenvalue weighted by Gasteiger charge is 2.17. The van der Waals surface area contributed by atoms with E-state index in [0.29, 0.717) is 18.1 Å². The Hall–Kier alpha value is -2.00. The molecule has 2 aromatic heterocycles. The molecule has 0 spiro atoms. The Balaban J connectivity index is 1.80. The molecule has 0 saturated heterocycles. The first-order valence-electron chi connectivity index (χ1n) is 6.67. The van der Waals surface area contributed by atoms with Crippen molar-refractivity contribution in [3.8, 4) is 6.07 Å². The summed E-state index contributed by atoms with van der Waals surface area (Å²) in [6.07, 6.45) is 7.93. The summed E-state index contributed by atoms with van der Waals surface area (Å²) >= 11 is 1.79. The average Bonchev–Trinajstić information content (AvgIpc) is 2.89. The fraction of sp³-hybridized carbons (Fsp3) is 0.429. The van der Waals surface area contributed by atoms with Gasteiger partial charge in [-0.05, 0) is 25.7 Å². The first-order chi connectivity index (χ1) is 9.78. The summed E-state index contributed by atoms with van der Waals surface area (Å²) in [5, 5.41) is 10.2. The van der Waals surface area contributed by atoms with Crippen LogP contribution in [0.15, 0.2) is 12.4 Å². The van der Waals surface area contributed by atoms with E-state index in [1.807, 2.05) is 11.9 Å². The molecule has 1 aliphatic carbocycles. The van der Waals surface area contributed by atoms with Crippen molar-refractivity contribution in [3.63, 3.8) is 0 Å². The second-order valence-electron chi connectivity index (χ2n) is 4.88. The predicted octanol–water partition coefficient (Wildman–Crippen LogP) is 2.32. The highest BCUT2D eigenvalue weighted by atomic mass is 32.1. The Labute approximate surface area is 121 Å². The molecule has 2 heterocycles. The van der Waals surface area contributed by atoms with Crippen LogP contribution < -0.4 is 4.90 Å². The van der Waals surface area contributed by atoms with Gasteiger partial charge in [0.1, 0.15) is 11.1 Å². The topological polar surface area (TPSA) is 65.7 Å². The molecule has 3 rings (SSSR count). The molecule has 0 amide bonds. The maximum Gasteiger partial charge on any atom is 0.183 e. The van der Waals surface area contributed by atoms with E-state index in [2.05, 4.69) is 16.0 Å². The number of hydrogen-bond acceptors (Lipinski definition) is 6. The van der Waals surface area contributed by atoms with E-state index in [0.717, 1.165) is 17.8 Å². The van der Waals surface area contributed by atoms with Gasteiger partial charge in [-0.1, -0.05) is 0 Å². The minimum atomic E-state index is 0.358. The van der Waals surface area contributed by atoms with Gasteiger partial charge >= 0.3 is 0 Å². The molecule has 0 fully saturated rings. The molecular weight excluding hydrogens is 270 g/mol. The van der Waals surface area contributed by atoms with E-state index in [1.165, 1.54) is 29.6 Å². The molecule has 0 unspecified atom stereocenters. The van der Waals surface area contributed by atoms with Gasteiger partial charge in [-0.25, -0.2) is 15.0 Å². The molecule has 0 aromatic carbocycles. The van der Waals surface area contributed by atoms with E-state index in [4.69, 9.17) is 10.2 Å². The van der Waals surface area contributed by atoms with Crippen LogP contribution >= 0.6 is 11.3 Å². The van der Waals surface area contributed by atoms with Gasteiger partial charge in [-0.2, -0.15) is 5.26 Å². The number of thiazole rings is 1. The lowest BCUT2D eigenvalue weighted by atomic mass is 10.0. The molecular formula is C14H15N5S. The van der Waals surface area contributed by atoms with Gasteiger partial charge in [0.25, 0.3) is 0 Å². The maximum atomic E-state index is 9.07. The third kappa shape index (κ3) is 2.49. The van der Waals surface area contributed by atoms with Crippen LogP contribution in [-0.2, 0) is 19.4 Å². The lowest BCUT2D eigenvalue weighted by Crippen LogP contribution is -2.19. The third-order valence-corrected chi connectivity index (χ3v) is 4.55.